The summed E-state index contributed by atoms with van der Waals surface area (Å²) >= 11 is 0. The molecule has 11 atom stereocenters. The molecule has 0 amide bonds. The number of oxime groups is 1. The van der Waals surface area contributed by atoms with Crippen LogP contribution in [-0.4, -0.2) is 59.6 Å². The first-order chi connectivity index (χ1) is 18.1. The van der Waals surface area contributed by atoms with Gasteiger partial charge < -0.3 is 30.3 Å². The molecule has 2 rings (SSSR count). The lowest BCUT2D eigenvalue weighted by molar-refractivity contribution is -0.183. The minimum atomic E-state index is -1.43. The molecule has 12 heteroatoms. The zero-order valence-corrected chi connectivity index (χ0v) is 25.6. The van der Waals surface area contributed by atoms with Gasteiger partial charge in [-0.25, -0.2) is 0 Å². The standard InChI is InChI=1S/C27H46N3O8P/c1-10-18-27(8)20(19(25(34)37-27)23(28)30-38-17(6)39-29)15(4)21(31)13(2)11-26(7,35-9)12-14(3)22(32)16(5)24(33)36-18/h13-20,39H,10-12,29H2,1-9H3,(H2,28,30)/t13-,14-,15-,16-,17?,18+,19-,20+,26-,27+/m1/s1. The third-order valence-electron chi connectivity index (χ3n) is 8.44. The number of ketones is 2. The Hall–Kier alpha value is -2.10. The summed E-state index contributed by atoms with van der Waals surface area (Å²) in [6, 6.07) is 0. The predicted octanol–water partition coefficient (Wildman–Crippen LogP) is 2.92. The van der Waals surface area contributed by atoms with E-state index < -0.39 is 70.6 Å². The Bertz CT molecular complexity index is 977. The Morgan fingerprint density at radius 1 is 1.08 bits per heavy atom. The highest BCUT2D eigenvalue weighted by Gasteiger charge is 2.62. The summed E-state index contributed by atoms with van der Waals surface area (Å²) in [6.45, 7) is 13.8. The number of hydrogen-bond acceptors (Lipinski definition) is 10. The van der Waals surface area contributed by atoms with Crippen LogP contribution in [0.5, 0.6) is 0 Å². The highest BCUT2D eigenvalue weighted by atomic mass is 31.1. The summed E-state index contributed by atoms with van der Waals surface area (Å²) in [6.07, 6.45) is -0.00630. The van der Waals surface area contributed by atoms with E-state index in [2.05, 4.69) is 5.16 Å². The highest BCUT2D eigenvalue weighted by Crippen LogP contribution is 2.47. The lowest BCUT2D eigenvalue weighted by Crippen LogP contribution is -2.53. The smallest absolute Gasteiger partial charge is 0.317 e. The van der Waals surface area contributed by atoms with E-state index in [0.717, 1.165) is 0 Å². The normalized spacial score (nSPS) is 40.2. The Balaban J connectivity index is 2.67. The number of carbonyl (C=O) groups excluding carboxylic acids is 4. The maximum absolute atomic E-state index is 13.9. The van der Waals surface area contributed by atoms with Crippen molar-refractivity contribution in [2.24, 2.45) is 51.9 Å². The number of amidine groups is 1. The molecule has 2 fully saturated rings. The van der Waals surface area contributed by atoms with Crippen molar-refractivity contribution in [2.45, 2.75) is 97.8 Å². The molecular weight excluding hydrogens is 525 g/mol. The summed E-state index contributed by atoms with van der Waals surface area (Å²) < 4.78 is 17.6. The van der Waals surface area contributed by atoms with Crippen LogP contribution in [0, 0.1) is 35.5 Å². The fourth-order valence-corrected chi connectivity index (χ4v) is 6.30. The van der Waals surface area contributed by atoms with Crippen molar-refractivity contribution in [1.29, 1.82) is 0 Å². The molecule has 0 aromatic heterocycles. The molecule has 39 heavy (non-hydrogen) atoms. The van der Waals surface area contributed by atoms with Gasteiger partial charge in [0, 0.05) is 30.8 Å². The van der Waals surface area contributed by atoms with Crippen LogP contribution in [-0.2, 0) is 38.2 Å². The van der Waals surface area contributed by atoms with Gasteiger partial charge in [-0.1, -0.05) is 32.9 Å². The molecule has 4 N–H and O–H groups in total. The minimum Gasteiger partial charge on any atom is -0.458 e. The summed E-state index contributed by atoms with van der Waals surface area (Å²) in [7, 11) is 1.48. The van der Waals surface area contributed by atoms with E-state index >= 15 is 0 Å². The number of carbonyl (C=O) groups is 4. The van der Waals surface area contributed by atoms with Crippen LogP contribution in [0.1, 0.15) is 74.7 Å². The number of methoxy groups -OCH3 is 1. The van der Waals surface area contributed by atoms with Crippen molar-refractivity contribution in [3.05, 3.63) is 0 Å². The molecule has 2 aliphatic rings. The van der Waals surface area contributed by atoms with Gasteiger partial charge in [0.2, 0.25) is 0 Å². The van der Waals surface area contributed by atoms with Crippen molar-refractivity contribution < 1.29 is 38.2 Å². The lowest BCUT2D eigenvalue weighted by Gasteiger charge is -2.41. The van der Waals surface area contributed by atoms with Crippen molar-refractivity contribution in [2.75, 3.05) is 7.11 Å². The Kier molecular flexibility index (Phi) is 11.1. The van der Waals surface area contributed by atoms with E-state index in [0.29, 0.717) is 12.8 Å². The first-order valence-corrected chi connectivity index (χ1v) is 14.7. The third-order valence-corrected chi connectivity index (χ3v) is 9.02. The molecule has 0 saturated carbocycles. The van der Waals surface area contributed by atoms with Crippen LogP contribution in [0.3, 0.4) is 0 Å². The Labute approximate surface area is 233 Å². The number of hydrogen-bond donors (Lipinski definition) is 2. The van der Waals surface area contributed by atoms with Gasteiger partial charge in [-0.05, 0) is 55.7 Å². The first-order valence-electron chi connectivity index (χ1n) is 13.6. The number of nitrogens with two attached hydrogens (primary N) is 2. The number of nitrogens with zero attached hydrogens (tertiary/aromatic N) is 1. The fourth-order valence-electron chi connectivity index (χ4n) is 6.19. The first kappa shape index (κ1) is 33.1. The predicted molar refractivity (Wildman–Crippen MR) is 148 cm³/mol. The molecule has 2 unspecified atom stereocenters. The van der Waals surface area contributed by atoms with Gasteiger partial charge in [-0.2, -0.15) is 0 Å². The molecule has 2 heterocycles. The summed E-state index contributed by atoms with van der Waals surface area (Å²) in [5, 5.41) is 3.95. The maximum Gasteiger partial charge on any atom is 0.317 e. The quantitative estimate of drug-likeness (QED) is 0.121. The highest BCUT2D eigenvalue weighted by molar-refractivity contribution is 7.35. The van der Waals surface area contributed by atoms with Crippen LogP contribution in [0.4, 0.5) is 0 Å². The van der Waals surface area contributed by atoms with E-state index in [-0.39, 0.29) is 32.6 Å². The van der Waals surface area contributed by atoms with Crippen LogP contribution >= 0.6 is 8.73 Å². The Morgan fingerprint density at radius 2 is 1.64 bits per heavy atom. The SMILES string of the molecule is CC[C@@H]1OC(=O)[C@H](C)C(=O)[C@H](C)C[C@](C)(OC)C[C@@H](C)C(=O)[C@H](C)[C@H]2[C@H](/C(N)=N/OC(C)PN)C(=O)O[C@]21C. The molecule has 0 bridgehead atoms. The second-order valence-corrected chi connectivity index (χ2v) is 12.7. The molecule has 0 radical (unpaired) electrons. The summed E-state index contributed by atoms with van der Waals surface area (Å²) in [5.74, 6) is -7.12. The lowest BCUT2D eigenvalue weighted by atomic mass is 9.67. The average Bonchev–Trinajstić information content (AvgIpc) is 3.17. The largest absolute Gasteiger partial charge is 0.458 e. The number of esters is 2. The summed E-state index contributed by atoms with van der Waals surface area (Å²) in [4.78, 5) is 59.0. The van der Waals surface area contributed by atoms with Gasteiger partial charge in [-0.3, -0.25) is 19.2 Å². The molecule has 11 nitrogen and oxygen atoms in total. The van der Waals surface area contributed by atoms with Gasteiger partial charge >= 0.3 is 11.9 Å². The van der Waals surface area contributed by atoms with Crippen molar-refractivity contribution >= 4 is 38.1 Å². The van der Waals surface area contributed by atoms with E-state index in [1.807, 2.05) is 13.8 Å². The van der Waals surface area contributed by atoms with Crippen molar-refractivity contribution in [3.8, 4) is 0 Å². The van der Waals surface area contributed by atoms with E-state index in [1.165, 1.54) is 6.92 Å². The van der Waals surface area contributed by atoms with Crippen molar-refractivity contribution in [3.63, 3.8) is 0 Å². The number of cyclic esters (lactones) is 1. The van der Waals surface area contributed by atoms with Gasteiger partial charge in [0.15, 0.2) is 17.3 Å². The van der Waals surface area contributed by atoms with Crippen LogP contribution in [0.15, 0.2) is 5.16 Å². The number of rotatable bonds is 6. The monoisotopic (exact) mass is 571 g/mol. The molecule has 2 aliphatic heterocycles. The molecule has 0 aliphatic carbocycles. The zero-order valence-electron chi connectivity index (χ0n) is 24.6. The van der Waals surface area contributed by atoms with E-state index in [4.69, 9.17) is 30.3 Å². The molecular formula is C27H46N3O8P. The van der Waals surface area contributed by atoms with Crippen LogP contribution < -0.4 is 11.2 Å². The fraction of sp³-hybridized carbons (Fsp3) is 0.815. The Morgan fingerprint density at radius 3 is 2.15 bits per heavy atom. The van der Waals surface area contributed by atoms with Gasteiger partial charge in [0.05, 0.1) is 5.60 Å². The zero-order chi connectivity index (χ0) is 29.9. The van der Waals surface area contributed by atoms with Gasteiger partial charge in [-0.15, -0.1) is 0 Å². The van der Waals surface area contributed by atoms with Gasteiger partial charge in [0.25, 0.3) is 0 Å². The third kappa shape index (κ3) is 6.98. The summed E-state index contributed by atoms with van der Waals surface area (Å²) in [5.41, 5.74) is 9.68. The van der Waals surface area contributed by atoms with Crippen LogP contribution in [0.25, 0.3) is 0 Å². The number of fused-ring (bicyclic) bond motifs is 1. The molecule has 0 spiro atoms. The molecule has 2 saturated heterocycles. The number of ether oxygens (including phenoxy) is 3. The molecule has 222 valence electrons. The van der Waals surface area contributed by atoms with Gasteiger partial charge in [0.1, 0.15) is 29.5 Å². The maximum atomic E-state index is 13.9. The topological polar surface area (TPSA) is 170 Å². The minimum absolute atomic E-state index is 0.0602. The van der Waals surface area contributed by atoms with E-state index in [9.17, 15) is 19.2 Å². The van der Waals surface area contributed by atoms with Crippen LogP contribution in [0.2, 0.25) is 0 Å². The molecule has 0 aromatic rings. The number of Topliss-reactive ketones (excluding diaryl/α,β-unsaturated/α-hetero) is 2. The second-order valence-electron chi connectivity index (χ2n) is 11.6. The second kappa shape index (κ2) is 13.0. The molecule has 0 aromatic carbocycles. The van der Waals surface area contributed by atoms with E-state index in [1.54, 1.807) is 41.7 Å². The average molecular weight is 572 g/mol. The van der Waals surface area contributed by atoms with Crippen molar-refractivity contribution in [1.82, 2.24) is 0 Å².